The Kier molecular flexibility index (Phi) is 5.06. The van der Waals surface area contributed by atoms with Crippen LogP contribution in [0, 0.1) is 0 Å². The monoisotopic (exact) mass is 357 g/mol. The fourth-order valence-corrected chi connectivity index (χ4v) is 3.38. The van der Waals surface area contributed by atoms with Crippen LogP contribution < -0.4 is 10.5 Å². The van der Waals surface area contributed by atoms with E-state index in [4.69, 9.17) is 10.5 Å². The number of nitrogens with two attached hydrogens (primary N) is 1. The van der Waals surface area contributed by atoms with Gasteiger partial charge in [-0.1, -0.05) is 42.5 Å². The molecule has 0 aliphatic carbocycles. The average molecular weight is 357 g/mol. The van der Waals surface area contributed by atoms with Crippen LogP contribution in [0.4, 0.5) is 5.69 Å². The highest BCUT2D eigenvalue weighted by molar-refractivity contribution is 5.85. The lowest BCUT2D eigenvalue weighted by Crippen LogP contribution is -2.23. The number of benzene rings is 3. The first-order valence-electron chi connectivity index (χ1n) is 9.22. The summed E-state index contributed by atoms with van der Waals surface area (Å²) in [5, 5.41) is 2.59. The third-order valence-electron chi connectivity index (χ3n) is 4.77. The molecule has 0 fully saturated rings. The van der Waals surface area contributed by atoms with E-state index in [2.05, 4.69) is 52.0 Å². The predicted octanol–water partition coefficient (Wildman–Crippen LogP) is 4.70. The molecule has 136 valence electrons. The highest BCUT2D eigenvalue weighted by Gasteiger charge is 2.13. The van der Waals surface area contributed by atoms with Gasteiger partial charge < -0.3 is 15.0 Å². The molecule has 0 amide bonds. The van der Waals surface area contributed by atoms with Gasteiger partial charge in [-0.3, -0.25) is 0 Å². The van der Waals surface area contributed by atoms with Gasteiger partial charge in [0.15, 0.2) is 0 Å². The van der Waals surface area contributed by atoms with Crippen molar-refractivity contribution in [2.45, 2.75) is 25.5 Å². The Hall–Kier alpha value is -3.27. The van der Waals surface area contributed by atoms with Crippen LogP contribution in [0.25, 0.3) is 10.8 Å². The number of imidazole rings is 1. The third-order valence-corrected chi connectivity index (χ3v) is 4.77. The van der Waals surface area contributed by atoms with Gasteiger partial charge in [0.2, 0.25) is 0 Å². The number of aromatic nitrogens is 2. The molecular weight excluding hydrogens is 334 g/mol. The minimum atomic E-state index is 0.0433. The molecule has 4 heteroatoms. The number of hydrogen-bond acceptors (Lipinski definition) is 3. The van der Waals surface area contributed by atoms with E-state index in [-0.39, 0.29) is 6.10 Å². The number of ether oxygens (including phenoxy) is 1. The van der Waals surface area contributed by atoms with Gasteiger partial charge in [0.1, 0.15) is 11.9 Å². The Morgan fingerprint density at radius 1 is 0.963 bits per heavy atom. The lowest BCUT2D eigenvalue weighted by atomic mass is 9.99. The summed E-state index contributed by atoms with van der Waals surface area (Å²) < 4.78 is 8.33. The van der Waals surface area contributed by atoms with Gasteiger partial charge in [-0.25, -0.2) is 4.98 Å². The summed E-state index contributed by atoms with van der Waals surface area (Å²) in [5.41, 5.74) is 7.88. The fourth-order valence-electron chi connectivity index (χ4n) is 3.38. The zero-order chi connectivity index (χ0) is 18.5. The first-order valence-corrected chi connectivity index (χ1v) is 9.22. The van der Waals surface area contributed by atoms with Crippen molar-refractivity contribution in [1.82, 2.24) is 9.55 Å². The van der Waals surface area contributed by atoms with E-state index in [9.17, 15) is 0 Å². The van der Waals surface area contributed by atoms with E-state index >= 15 is 0 Å². The minimum Gasteiger partial charge on any atom is -0.489 e. The van der Waals surface area contributed by atoms with Crippen LogP contribution in [0.2, 0.25) is 0 Å². The minimum absolute atomic E-state index is 0.0433. The molecule has 4 nitrogen and oxygen atoms in total. The first kappa shape index (κ1) is 17.2. The topological polar surface area (TPSA) is 53.1 Å². The Morgan fingerprint density at radius 3 is 2.59 bits per heavy atom. The summed E-state index contributed by atoms with van der Waals surface area (Å²) in [6.45, 7) is 0.759. The van der Waals surface area contributed by atoms with E-state index < -0.39 is 0 Å². The van der Waals surface area contributed by atoms with Crippen molar-refractivity contribution in [1.29, 1.82) is 0 Å². The maximum Gasteiger partial charge on any atom is 0.119 e. The van der Waals surface area contributed by atoms with Gasteiger partial charge in [-0.2, -0.15) is 0 Å². The Bertz CT molecular complexity index is 989. The predicted molar refractivity (Wildman–Crippen MR) is 110 cm³/mol. The molecule has 4 aromatic rings. The van der Waals surface area contributed by atoms with E-state index in [1.807, 2.05) is 36.8 Å². The van der Waals surface area contributed by atoms with Crippen molar-refractivity contribution in [3.05, 3.63) is 91.0 Å². The van der Waals surface area contributed by atoms with Crippen LogP contribution in [-0.4, -0.2) is 15.7 Å². The van der Waals surface area contributed by atoms with Gasteiger partial charge in [0.25, 0.3) is 0 Å². The van der Waals surface area contributed by atoms with Crippen LogP contribution >= 0.6 is 0 Å². The van der Waals surface area contributed by atoms with Crippen molar-refractivity contribution < 1.29 is 4.74 Å². The molecule has 27 heavy (non-hydrogen) atoms. The summed E-state index contributed by atoms with van der Waals surface area (Å²) in [6, 6.07) is 22.6. The van der Waals surface area contributed by atoms with Gasteiger partial charge >= 0.3 is 0 Å². The molecule has 0 spiro atoms. The van der Waals surface area contributed by atoms with Crippen molar-refractivity contribution in [3.8, 4) is 5.75 Å². The van der Waals surface area contributed by atoms with E-state index in [0.29, 0.717) is 0 Å². The standard InChI is InChI=1S/C23H23N3O/c24-20-9-12-21(13-10-20)27-22(16-26-15-14-25-17-26)11-8-19-6-3-5-18-4-1-2-7-23(18)19/h1-7,9-10,12-15,17,22H,8,11,16,24H2. The largest absolute Gasteiger partial charge is 0.489 e. The maximum absolute atomic E-state index is 6.27. The maximum atomic E-state index is 6.27. The van der Waals surface area contributed by atoms with Gasteiger partial charge in [0.05, 0.1) is 12.9 Å². The van der Waals surface area contributed by atoms with Crippen molar-refractivity contribution in [2.75, 3.05) is 5.73 Å². The summed E-state index contributed by atoms with van der Waals surface area (Å²) in [4.78, 5) is 4.14. The third kappa shape index (κ3) is 4.29. The summed E-state index contributed by atoms with van der Waals surface area (Å²) in [5.74, 6) is 0.840. The van der Waals surface area contributed by atoms with Gasteiger partial charge in [-0.05, 0) is 53.4 Å². The molecule has 0 aliphatic rings. The number of nitrogen functional groups attached to an aromatic ring is 1. The molecule has 0 radical (unpaired) electrons. The van der Waals surface area contributed by atoms with E-state index in [0.717, 1.165) is 30.8 Å². The molecule has 0 saturated heterocycles. The van der Waals surface area contributed by atoms with Gasteiger partial charge in [-0.15, -0.1) is 0 Å². The zero-order valence-electron chi connectivity index (χ0n) is 15.2. The average Bonchev–Trinajstić information content (AvgIpc) is 3.21. The number of anilines is 1. The number of rotatable bonds is 7. The number of nitrogens with zero attached hydrogens (tertiary/aromatic N) is 2. The summed E-state index contributed by atoms with van der Waals surface area (Å²) in [6.07, 6.45) is 7.51. The lowest BCUT2D eigenvalue weighted by Gasteiger charge is -2.20. The molecule has 1 unspecified atom stereocenters. The Labute approximate surface area is 159 Å². The Balaban J connectivity index is 1.52. The highest BCUT2D eigenvalue weighted by atomic mass is 16.5. The number of hydrogen-bond donors (Lipinski definition) is 1. The quantitative estimate of drug-likeness (QED) is 0.488. The van der Waals surface area contributed by atoms with Crippen LogP contribution in [0.5, 0.6) is 5.75 Å². The number of aryl methyl sites for hydroxylation is 1. The van der Waals surface area contributed by atoms with Gasteiger partial charge in [0, 0.05) is 18.1 Å². The van der Waals surface area contributed by atoms with E-state index in [1.165, 1.54) is 16.3 Å². The van der Waals surface area contributed by atoms with Crippen LogP contribution in [0.3, 0.4) is 0 Å². The molecule has 1 atom stereocenters. The molecular formula is C23H23N3O. The van der Waals surface area contributed by atoms with Crippen molar-refractivity contribution in [2.24, 2.45) is 0 Å². The first-order chi connectivity index (χ1) is 13.3. The molecule has 1 aromatic heterocycles. The van der Waals surface area contributed by atoms with Crippen LogP contribution in [0.1, 0.15) is 12.0 Å². The molecule has 1 heterocycles. The second kappa shape index (κ2) is 7.96. The van der Waals surface area contributed by atoms with Crippen LogP contribution in [0.15, 0.2) is 85.5 Å². The smallest absolute Gasteiger partial charge is 0.119 e. The zero-order valence-corrected chi connectivity index (χ0v) is 15.2. The molecule has 2 N–H and O–H groups in total. The normalized spacial score (nSPS) is 12.1. The van der Waals surface area contributed by atoms with Crippen LogP contribution in [-0.2, 0) is 13.0 Å². The molecule has 4 rings (SSSR count). The second-order valence-corrected chi connectivity index (χ2v) is 6.75. The molecule has 3 aromatic carbocycles. The second-order valence-electron chi connectivity index (χ2n) is 6.75. The number of fused-ring (bicyclic) bond motifs is 1. The Morgan fingerprint density at radius 2 is 1.78 bits per heavy atom. The van der Waals surface area contributed by atoms with Crippen molar-refractivity contribution in [3.63, 3.8) is 0 Å². The van der Waals surface area contributed by atoms with Crippen molar-refractivity contribution >= 4 is 16.5 Å². The molecule has 0 bridgehead atoms. The van der Waals surface area contributed by atoms with E-state index in [1.54, 1.807) is 6.20 Å². The lowest BCUT2D eigenvalue weighted by molar-refractivity contribution is 0.170. The molecule has 0 aliphatic heterocycles. The SMILES string of the molecule is Nc1ccc(OC(CCc2cccc3ccccc23)Cn2ccnc2)cc1. The fraction of sp³-hybridized carbons (Fsp3) is 0.174. The summed E-state index contributed by atoms with van der Waals surface area (Å²) >= 11 is 0. The highest BCUT2D eigenvalue weighted by Crippen LogP contribution is 2.22. The molecule has 0 saturated carbocycles. The summed E-state index contributed by atoms with van der Waals surface area (Å²) in [7, 11) is 0.